The Bertz CT molecular complexity index is 759. The van der Waals surface area contributed by atoms with Gasteiger partial charge in [-0.25, -0.2) is 4.68 Å². The van der Waals surface area contributed by atoms with E-state index in [2.05, 4.69) is 31.6 Å². The fraction of sp³-hybridized carbons (Fsp3) is 0.0769. The van der Waals surface area contributed by atoms with Gasteiger partial charge < -0.3 is 9.84 Å². The molecule has 0 saturated heterocycles. The first-order chi connectivity index (χ1) is 9.72. The Hall–Kier alpha value is -1.86. The summed E-state index contributed by atoms with van der Waals surface area (Å²) in [6.07, 6.45) is 1.58. The molecule has 102 valence electrons. The topological polar surface area (TPSA) is 58.8 Å². The number of nitrogens with one attached hydrogen (secondary N) is 2. The summed E-state index contributed by atoms with van der Waals surface area (Å²) in [5.74, 6) is 1.66. The van der Waals surface area contributed by atoms with Gasteiger partial charge in [-0.1, -0.05) is 28.1 Å². The first-order valence-corrected chi connectivity index (χ1v) is 7.13. The average molecular weight is 351 g/mol. The van der Waals surface area contributed by atoms with Crippen LogP contribution >= 0.6 is 28.1 Å². The van der Waals surface area contributed by atoms with Gasteiger partial charge in [0.2, 0.25) is 4.77 Å². The molecule has 5 nitrogen and oxygen atoms in total. The van der Waals surface area contributed by atoms with Gasteiger partial charge in [0, 0.05) is 10.0 Å². The summed E-state index contributed by atoms with van der Waals surface area (Å²) in [6.45, 7) is 0.532. The number of H-pyrrole nitrogens is 1. The molecule has 3 rings (SSSR count). The van der Waals surface area contributed by atoms with Crippen LogP contribution in [0.2, 0.25) is 0 Å². The molecule has 2 N–H and O–H groups in total. The Morgan fingerprint density at radius 2 is 2.05 bits per heavy atom. The maximum atomic E-state index is 5.79. The third kappa shape index (κ3) is 2.83. The second-order valence-electron chi connectivity index (χ2n) is 4.14. The maximum absolute atomic E-state index is 5.79. The molecule has 0 radical (unpaired) electrons. The minimum Gasteiger partial charge on any atom is -0.459 e. The number of halogens is 1. The molecule has 0 aliphatic heterocycles. The summed E-state index contributed by atoms with van der Waals surface area (Å²) >= 11 is 8.46. The van der Waals surface area contributed by atoms with Crippen LogP contribution in [-0.4, -0.2) is 14.9 Å². The van der Waals surface area contributed by atoms with Crippen LogP contribution in [0.1, 0.15) is 5.76 Å². The molecule has 7 heteroatoms. The summed E-state index contributed by atoms with van der Waals surface area (Å²) in [5, 5.41) is 6.50. The molecule has 2 heterocycles. The number of benzene rings is 1. The molecule has 0 aliphatic rings. The molecular weight excluding hydrogens is 340 g/mol. The summed E-state index contributed by atoms with van der Waals surface area (Å²) in [7, 11) is 0. The highest BCUT2D eigenvalue weighted by Gasteiger charge is 2.05. The molecule has 2 aromatic heterocycles. The van der Waals surface area contributed by atoms with Crippen molar-refractivity contribution in [2.45, 2.75) is 6.54 Å². The zero-order chi connectivity index (χ0) is 13.9. The number of aromatic amines is 1. The minimum atomic E-state index is 0.518. The molecular formula is C13H11BrN4OS. The Morgan fingerprint density at radius 3 is 2.75 bits per heavy atom. The molecule has 0 atom stereocenters. The van der Waals surface area contributed by atoms with Crippen molar-refractivity contribution >= 4 is 28.1 Å². The average Bonchev–Trinajstić information content (AvgIpc) is 3.06. The molecule has 0 amide bonds. The third-order valence-corrected chi connectivity index (χ3v) is 3.58. The number of furan rings is 1. The largest absolute Gasteiger partial charge is 0.459 e. The zero-order valence-electron chi connectivity index (χ0n) is 10.3. The molecule has 0 saturated carbocycles. The van der Waals surface area contributed by atoms with E-state index in [9.17, 15) is 0 Å². The predicted molar refractivity (Wildman–Crippen MR) is 82.3 cm³/mol. The summed E-state index contributed by atoms with van der Waals surface area (Å²) in [4.78, 5) is 0. The van der Waals surface area contributed by atoms with E-state index < -0.39 is 0 Å². The van der Waals surface area contributed by atoms with Gasteiger partial charge in [0.05, 0.1) is 6.54 Å². The maximum Gasteiger partial charge on any atom is 0.214 e. The van der Waals surface area contributed by atoms with Gasteiger partial charge in [-0.3, -0.25) is 5.10 Å². The fourth-order valence-electron chi connectivity index (χ4n) is 1.77. The van der Waals surface area contributed by atoms with Gasteiger partial charge in [-0.2, -0.15) is 5.10 Å². The van der Waals surface area contributed by atoms with Gasteiger partial charge in [0.1, 0.15) is 17.8 Å². The second-order valence-corrected chi connectivity index (χ2v) is 5.44. The Balaban J connectivity index is 1.72. The lowest BCUT2D eigenvalue weighted by Crippen LogP contribution is -2.12. The predicted octanol–water partition coefficient (Wildman–Crippen LogP) is 3.71. The van der Waals surface area contributed by atoms with E-state index >= 15 is 0 Å². The van der Waals surface area contributed by atoms with E-state index in [1.807, 2.05) is 36.4 Å². The van der Waals surface area contributed by atoms with Crippen LogP contribution in [0.25, 0.3) is 11.3 Å². The highest BCUT2D eigenvalue weighted by atomic mass is 79.9. The van der Waals surface area contributed by atoms with E-state index in [1.165, 1.54) is 0 Å². The SMILES string of the molecule is S=c1[nH]ncn1NCc1ccc(-c2ccc(Br)cc2)o1. The monoisotopic (exact) mass is 350 g/mol. The van der Waals surface area contributed by atoms with Crippen molar-refractivity contribution in [3.63, 3.8) is 0 Å². The summed E-state index contributed by atoms with van der Waals surface area (Å²) in [5.41, 5.74) is 4.14. The van der Waals surface area contributed by atoms with E-state index in [4.69, 9.17) is 16.6 Å². The highest BCUT2D eigenvalue weighted by molar-refractivity contribution is 9.10. The lowest BCUT2D eigenvalue weighted by atomic mass is 10.2. The zero-order valence-corrected chi connectivity index (χ0v) is 12.7. The van der Waals surface area contributed by atoms with Gasteiger partial charge in [0.15, 0.2) is 0 Å². The van der Waals surface area contributed by atoms with E-state index in [0.29, 0.717) is 11.3 Å². The lowest BCUT2D eigenvalue weighted by Gasteiger charge is -2.03. The molecule has 0 bridgehead atoms. The van der Waals surface area contributed by atoms with Crippen molar-refractivity contribution in [3.8, 4) is 11.3 Å². The highest BCUT2D eigenvalue weighted by Crippen LogP contribution is 2.23. The fourth-order valence-corrected chi connectivity index (χ4v) is 2.19. The normalized spacial score (nSPS) is 10.7. The molecule has 3 aromatic rings. The first kappa shape index (κ1) is 13.1. The smallest absolute Gasteiger partial charge is 0.214 e. The standard InChI is InChI=1S/C13H11BrN4OS/c14-10-3-1-9(2-4-10)12-6-5-11(19-12)7-16-18-8-15-17-13(18)20/h1-6,8,16H,7H2,(H,17,20). The van der Waals surface area contributed by atoms with Crippen molar-refractivity contribution in [2.24, 2.45) is 0 Å². The molecule has 0 unspecified atom stereocenters. The van der Waals surface area contributed by atoms with Crippen molar-refractivity contribution in [1.29, 1.82) is 0 Å². The van der Waals surface area contributed by atoms with E-state index in [-0.39, 0.29) is 0 Å². The lowest BCUT2D eigenvalue weighted by molar-refractivity contribution is 0.522. The Kier molecular flexibility index (Phi) is 3.70. The van der Waals surface area contributed by atoms with Crippen LogP contribution in [0.15, 0.2) is 51.6 Å². The van der Waals surface area contributed by atoms with Crippen molar-refractivity contribution in [2.75, 3.05) is 5.43 Å². The van der Waals surface area contributed by atoms with Crippen molar-refractivity contribution in [3.05, 3.63) is 57.7 Å². The second kappa shape index (κ2) is 5.64. The van der Waals surface area contributed by atoms with E-state index in [0.717, 1.165) is 21.6 Å². The Labute approximate surface area is 128 Å². The van der Waals surface area contributed by atoms with E-state index in [1.54, 1.807) is 11.0 Å². The number of hydrogen-bond acceptors (Lipinski definition) is 4. The van der Waals surface area contributed by atoms with Gasteiger partial charge in [0.25, 0.3) is 0 Å². The Morgan fingerprint density at radius 1 is 1.25 bits per heavy atom. The van der Waals surface area contributed by atoms with Gasteiger partial charge in [-0.15, -0.1) is 0 Å². The molecule has 0 aliphatic carbocycles. The molecule has 20 heavy (non-hydrogen) atoms. The van der Waals surface area contributed by atoms with Crippen LogP contribution in [0, 0.1) is 4.77 Å². The third-order valence-electron chi connectivity index (χ3n) is 2.77. The van der Waals surface area contributed by atoms with Crippen LogP contribution < -0.4 is 5.43 Å². The quantitative estimate of drug-likeness (QED) is 0.704. The molecule has 1 aromatic carbocycles. The van der Waals surface area contributed by atoms with Crippen molar-refractivity contribution < 1.29 is 4.42 Å². The van der Waals surface area contributed by atoms with Crippen LogP contribution in [0.3, 0.4) is 0 Å². The van der Waals surface area contributed by atoms with Crippen molar-refractivity contribution in [1.82, 2.24) is 14.9 Å². The summed E-state index contributed by atoms with van der Waals surface area (Å²) in [6, 6.07) is 11.9. The number of rotatable bonds is 4. The summed E-state index contributed by atoms with van der Waals surface area (Å²) < 4.78 is 8.99. The minimum absolute atomic E-state index is 0.518. The van der Waals surface area contributed by atoms with Crippen LogP contribution in [0.4, 0.5) is 0 Å². The first-order valence-electron chi connectivity index (χ1n) is 5.93. The number of aromatic nitrogens is 3. The number of nitrogens with zero attached hydrogens (tertiary/aromatic N) is 2. The van der Waals surface area contributed by atoms with Gasteiger partial charge >= 0.3 is 0 Å². The van der Waals surface area contributed by atoms with Crippen LogP contribution in [0.5, 0.6) is 0 Å². The van der Waals surface area contributed by atoms with Gasteiger partial charge in [-0.05, 0) is 36.5 Å². The molecule has 0 fully saturated rings. The number of hydrogen-bond donors (Lipinski definition) is 2. The van der Waals surface area contributed by atoms with Crippen LogP contribution in [-0.2, 0) is 6.54 Å². The molecule has 0 spiro atoms.